The Morgan fingerprint density at radius 1 is 1.45 bits per heavy atom. The van der Waals surface area contributed by atoms with Crippen LogP contribution in [0, 0.1) is 0 Å². The van der Waals surface area contributed by atoms with Crippen molar-refractivity contribution in [3.63, 3.8) is 0 Å². The molecule has 2 N–H and O–H groups in total. The lowest BCUT2D eigenvalue weighted by Gasteiger charge is -2.12. The molecule has 0 radical (unpaired) electrons. The van der Waals surface area contributed by atoms with Gasteiger partial charge in [-0.15, -0.1) is 0 Å². The molecule has 9 heteroatoms. The molecule has 0 bridgehead atoms. The minimum atomic E-state index is -4.48. The lowest BCUT2D eigenvalue weighted by molar-refractivity contribution is -0.137. The molecule has 0 unspecified atom stereocenters. The lowest BCUT2D eigenvalue weighted by Crippen LogP contribution is -2.36. The number of pyridine rings is 1. The Hall–Kier alpha value is -1.54. The molecule has 1 saturated heterocycles. The Morgan fingerprint density at radius 3 is 2.82 bits per heavy atom. The van der Waals surface area contributed by atoms with E-state index in [9.17, 15) is 18.0 Å². The van der Waals surface area contributed by atoms with Gasteiger partial charge in [0.15, 0.2) is 0 Å². The average Bonchev–Trinajstić information content (AvgIpc) is 2.97. The van der Waals surface area contributed by atoms with E-state index in [1.165, 1.54) is 0 Å². The number of anilines is 1. The molecular weight excluding hydrogens is 323 g/mol. The summed E-state index contributed by atoms with van der Waals surface area (Å²) >= 11 is 5.75. The van der Waals surface area contributed by atoms with E-state index in [4.69, 9.17) is 16.3 Å². The third-order valence-electron chi connectivity index (χ3n) is 3.11. The summed E-state index contributed by atoms with van der Waals surface area (Å²) in [5.41, 5.74) is -0.908. The molecule has 2 heterocycles. The molecule has 0 aliphatic carbocycles. The van der Waals surface area contributed by atoms with Crippen LogP contribution in [0.3, 0.4) is 0 Å². The maximum Gasteiger partial charge on any atom is 0.417 e. The second-order valence-corrected chi connectivity index (χ2v) is 5.18. The quantitative estimate of drug-likeness (QED) is 0.810. The van der Waals surface area contributed by atoms with Crippen molar-refractivity contribution in [2.45, 2.75) is 25.1 Å². The first kappa shape index (κ1) is 16.8. The number of halogens is 4. The van der Waals surface area contributed by atoms with E-state index in [1.54, 1.807) is 0 Å². The van der Waals surface area contributed by atoms with Crippen molar-refractivity contribution < 1.29 is 22.7 Å². The SMILES string of the molecule is O=C(NCCNc1ncc(C(F)(F)F)cc1Cl)[C@H]1CCCO1. The van der Waals surface area contributed by atoms with Gasteiger partial charge in [-0.25, -0.2) is 4.98 Å². The highest BCUT2D eigenvalue weighted by Gasteiger charge is 2.31. The third kappa shape index (κ3) is 4.48. The van der Waals surface area contributed by atoms with Gasteiger partial charge in [0.25, 0.3) is 0 Å². The Labute approximate surface area is 130 Å². The molecule has 0 spiro atoms. The van der Waals surface area contributed by atoms with E-state index >= 15 is 0 Å². The average molecular weight is 338 g/mol. The van der Waals surface area contributed by atoms with Gasteiger partial charge in [0, 0.05) is 25.9 Å². The fourth-order valence-corrected chi connectivity index (χ4v) is 2.22. The number of alkyl halides is 3. The predicted octanol–water partition coefficient (Wildman–Crippen LogP) is 2.46. The smallest absolute Gasteiger partial charge is 0.368 e. The highest BCUT2D eigenvalue weighted by molar-refractivity contribution is 6.32. The van der Waals surface area contributed by atoms with Gasteiger partial charge in [0.1, 0.15) is 11.9 Å². The zero-order valence-electron chi connectivity index (χ0n) is 11.5. The van der Waals surface area contributed by atoms with E-state index in [1.807, 2.05) is 0 Å². The van der Waals surface area contributed by atoms with Gasteiger partial charge in [-0.05, 0) is 18.9 Å². The van der Waals surface area contributed by atoms with Crippen LogP contribution in [0.15, 0.2) is 12.3 Å². The van der Waals surface area contributed by atoms with Gasteiger partial charge in [-0.1, -0.05) is 11.6 Å². The number of nitrogens with zero attached hydrogens (tertiary/aromatic N) is 1. The van der Waals surface area contributed by atoms with Gasteiger partial charge < -0.3 is 15.4 Å². The summed E-state index contributed by atoms with van der Waals surface area (Å²) in [6.45, 7) is 1.16. The molecule has 122 valence electrons. The molecule has 1 aliphatic rings. The fraction of sp³-hybridized carbons (Fsp3) is 0.538. The Kier molecular flexibility index (Phi) is 5.47. The molecule has 1 fully saturated rings. The summed E-state index contributed by atoms with van der Waals surface area (Å²) < 4.78 is 42.6. The fourth-order valence-electron chi connectivity index (χ4n) is 1.99. The highest BCUT2D eigenvalue weighted by Crippen LogP contribution is 2.32. The van der Waals surface area contributed by atoms with Gasteiger partial charge in [0.05, 0.1) is 10.6 Å². The van der Waals surface area contributed by atoms with Crippen LogP contribution in [0.25, 0.3) is 0 Å². The van der Waals surface area contributed by atoms with Crippen molar-refractivity contribution in [3.8, 4) is 0 Å². The molecule has 1 aromatic heterocycles. The summed E-state index contributed by atoms with van der Waals surface area (Å²) in [5.74, 6) is -0.0493. The molecule has 2 rings (SSSR count). The summed E-state index contributed by atoms with van der Waals surface area (Å²) in [5, 5.41) is 5.32. The molecule has 5 nitrogen and oxygen atoms in total. The summed E-state index contributed by atoms with van der Waals surface area (Å²) in [4.78, 5) is 15.3. The molecular formula is C13H15ClF3N3O2. The number of nitrogens with one attached hydrogen (secondary N) is 2. The Balaban J connectivity index is 1.78. The normalized spacial score (nSPS) is 18.3. The topological polar surface area (TPSA) is 63.2 Å². The van der Waals surface area contributed by atoms with E-state index in [0.29, 0.717) is 19.2 Å². The molecule has 0 saturated carbocycles. The summed E-state index contributed by atoms with van der Waals surface area (Å²) in [6, 6.07) is 0.807. The van der Waals surface area contributed by atoms with E-state index in [-0.39, 0.29) is 29.8 Å². The lowest BCUT2D eigenvalue weighted by atomic mass is 10.2. The molecule has 1 aliphatic heterocycles. The first-order valence-corrected chi connectivity index (χ1v) is 7.11. The standard InChI is InChI=1S/C13H15ClF3N3O2/c14-9-6-8(13(15,16)17)7-20-11(9)18-3-4-19-12(21)10-2-1-5-22-10/h6-7,10H,1-5H2,(H,18,20)(H,19,21)/t10-/m1/s1. The third-order valence-corrected chi connectivity index (χ3v) is 3.40. The second-order valence-electron chi connectivity index (χ2n) is 4.77. The molecule has 22 heavy (non-hydrogen) atoms. The van der Waals surface area contributed by atoms with Crippen LogP contribution < -0.4 is 10.6 Å². The van der Waals surface area contributed by atoms with Crippen molar-refractivity contribution >= 4 is 23.3 Å². The van der Waals surface area contributed by atoms with Crippen LogP contribution in [-0.2, 0) is 15.7 Å². The van der Waals surface area contributed by atoms with Crippen LogP contribution in [0.2, 0.25) is 5.02 Å². The first-order valence-electron chi connectivity index (χ1n) is 6.74. The predicted molar refractivity (Wildman–Crippen MR) is 74.7 cm³/mol. The Morgan fingerprint density at radius 2 is 2.23 bits per heavy atom. The number of carbonyl (C=O) groups is 1. The van der Waals surface area contributed by atoms with Crippen molar-refractivity contribution in [1.29, 1.82) is 0 Å². The van der Waals surface area contributed by atoms with Gasteiger partial charge >= 0.3 is 6.18 Å². The largest absolute Gasteiger partial charge is 0.417 e. The zero-order chi connectivity index (χ0) is 16.2. The van der Waals surface area contributed by atoms with Crippen LogP contribution in [-0.4, -0.2) is 36.7 Å². The Bertz CT molecular complexity index is 534. The maximum absolute atomic E-state index is 12.5. The number of hydrogen-bond donors (Lipinski definition) is 2. The number of ether oxygens (including phenoxy) is 1. The van der Waals surface area contributed by atoms with Gasteiger partial charge in [-0.2, -0.15) is 13.2 Å². The van der Waals surface area contributed by atoms with E-state index in [0.717, 1.165) is 12.5 Å². The molecule has 0 aromatic carbocycles. The van der Waals surface area contributed by atoms with E-state index in [2.05, 4.69) is 15.6 Å². The van der Waals surface area contributed by atoms with Crippen LogP contribution >= 0.6 is 11.6 Å². The minimum absolute atomic E-state index is 0.125. The molecule has 1 atom stereocenters. The monoisotopic (exact) mass is 337 g/mol. The molecule has 1 amide bonds. The summed E-state index contributed by atoms with van der Waals surface area (Å²) in [7, 11) is 0. The van der Waals surface area contributed by atoms with Crippen molar-refractivity contribution in [2.75, 3.05) is 25.0 Å². The number of carbonyl (C=O) groups excluding carboxylic acids is 1. The first-order chi connectivity index (χ1) is 10.4. The van der Waals surface area contributed by atoms with Crippen molar-refractivity contribution in [3.05, 3.63) is 22.8 Å². The van der Waals surface area contributed by atoms with Gasteiger partial charge in [-0.3, -0.25) is 4.79 Å². The summed E-state index contributed by atoms with van der Waals surface area (Å²) in [6.07, 6.45) is -2.62. The minimum Gasteiger partial charge on any atom is -0.368 e. The second kappa shape index (κ2) is 7.15. The van der Waals surface area contributed by atoms with Gasteiger partial charge in [0.2, 0.25) is 5.91 Å². The maximum atomic E-state index is 12.5. The number of aromatic nitrogens is 1. The zero-order valence-corrected chi connectivity index (χ0v) is 12.3. The van der Waals surface area contributed by atoms with Crippen molar-refractivity contribution in [2.24, 2.45) is 0 Å². The number of hydrogen-bond acceptors (Lipinski definition) is 4. The van der Waals surface area contributed by atoms with Crippen LogP contribution in [0.5, 0.6) is 0 Å². The number of amides is 1. The highest BCUT2D eigenvalue weighted by atomic mass is 35.5. The van der Waals surface area contributed by atoms with Crippen LogP contribution in [0.4, 0.5) is 19.0 Å². The van der Waals surface area contributed by atoms with E-state index < -0.39 is 17.8 Å². The number of rotatable bonds is 5. The van der Waals surface area contributed by atoms with Crippen LogP contribution in [0.1, 0.15) is 18.4 Å². The van der Waals surface area contributed by atoms with Crippen molar-refractivity contribution in [1.82, 2.24) is 10.3 Å². The molecule has 1 aromatic rings.